The van der Waals surface area contributed by atoms with Crippen LogP contribution in [0, 0.1) is 11.8 Å². The van der Waals surface area contributed by atoms with E-state index in [0.717, 1.165) is 17.7 Å². The largest absolute Gasteiger partial charge is 0.384 e. The summed E-state index contributed by atoms with van der Waals surface area (Å²) in [7, 11) is 0. The fraction of sp³-hybridized carbons (Fsp3) is 0.533. The first kappa shape index (κ1) is 14.1. The van der Waals surface area contributed by atoms with Crippen LogP contribution in [0.3, 0.4) is 0 Å². The molecule has 1 amide bonds. The van der Waals surface area contributed by atoms with Gasteiger partial charge in [-0.25, -0.2) is 0 Å². The van der Waals surface area contributed by atoms with Crippen molar-refractivity contribution in [3.05, 3.63) is 21.9 Å². The van der Waals surface area contributed by atoms with Gasteiger partial charge in [-0.15, -0.1) is 11.3 Å². The molecular weight excluding hydrogens is 258 g/mol. The third kappa shape index (κ3) is 4.38. The lowest BCUT2D eigenvalue weighted by atomic mass is 10.1. The molecule has 0 bridgehead atoms. The third-order valence-corrected chi connectivity index (χ3v) is 4.31. The molecule has 0 unspecified atom stereocenters. The maximum Gasteiger partial charge on any atom is 0.261 e. The van der Waals surface area contributed by atoms with Crippen molar-refractivity contribution < 1.29 is 9.90 Å². The van der Waals surface area contributed by atoms with Gasteiger partial charge in [-0.3, -0.25) is 4.79 Å². The van der Waals surface area contributed by atoms with E-state index >= 15 is 0 Å². The summed E-state index contributed by atoms with van der Waals surface area (Å²) in [6.45, 7) is -0.151. The summed E-state index contributed by atoms with van der Waals surface area (Å²) in [5.74, 6) is 5.42. The van der Waals surface area contributed by atoms with Crippen molar-refractivity contribution in [3.8, 4) is 11.8 Å². The number of hydrogen-bond acceptors (Lipinski definition) is 3. The highest BCUT2D eigenvalue weighted by Crippen LogP contribution is 2.19. The van der Waals surface area contributed by atoms with Gasteiger partial charge in [0.2, 0.25) is 0 Å². The fourth-order valence-electron chi connectivity index (χ4n) is 2.33. The van der Waals surface area contributed by atoms with Crippen LogP contribution in [0.5, 0.6) is 0 Å². The van der Waals surface area contributed by atoms with Crippen LogP contribution >= 0.6 is 11.3 Å². The first-order valence-electron chi connectivity index (χ1n) is 6.80. The SMILES string of the molecule is O=C(NC1CCCCCC1)c1ccc(C#CCO)s1. The zero-order valence-electron chi connectivity index (χ0n) is 10.9. The van der Waals surface area contributed by atoms with E-state index in [2.05, 4.69) is 17.2 Å². The van der Waals surface area contributed by atoms with E-state index in [1.54, 1.807) is 6.07 Å². The van der Waals surface area contributed by atoms with Crippen LogP contribution in [0.25, 0.3) is 0 Å². The molecule has 1 heterocycles. The van der Waals surface area contributed by atoms with E-state index in [9.17, 15) is 4.79 Å². The first-order valence-corrected chi connectivity index (χ1v) is 7.61. The highest BCUT2D eigenvalue weighted by molar-refractivity contribution is 7.14. The lowest BCUT2D eigenvalue weighted by Gasteiger charge is -2.15. The van der Waals surface area contributed by atoms with Crippen molar-refractivity contribution in [1.82, 2.24) is 5.32 Å². The van der Waals surface area contributed by atoms with E-state index in [4.69, 9.17) is 5.11 Å². The van der Waals surface area contributed by atoms with Crippen LogP contribution in [0.1, 0.15) is 53.1 Å². The second-order valence-electron chi connectivity index (χ2n) is 4.79. The Hall–Kier alpha value is -1.31. The van der Waals surface area contributed by atoms with Gasteiger partial charge in [0.25, 0.3) is 5.91 Å². The standard InChI is InChI=1S/C15H19NO2S/c17-11-5-8-13-9-10-14(19-13)15(18)16-12-6-3-1-2-4-7-12/h9-10,12,17H,1-4,6-7,11H2,(H,16,18). The van der Waals surface area contributed by atoms with Gasteiger partial charge in [0.05, 0.1) is 9.75 Å². The molecule has 3 nitrogen and oxygen atoms in total. The molecule has 0 radical (unpaired) electrons. The fourth-order valence-corrected chi connectivity index (χ4v) is 3.12. The van der Waals surface area contributed by atoms with Gasteiger partial charge in [-0.05, 0) is 25.0 Å². The Balaban J connectivity index is 1.93. The molecular formula is C15H19NO2S. The maximum absolute atomic E-state index is 12.1. The number of aliphatic hydroxyl groups is 1. The quantitative estimate of drug-likeness (QED) is 0.645. The van der Waals surface area contributed by atoms with Gasteiger partial charge >= 0.3 is 0 Å². The number of nitrogens with one attached hydrogen (secondary N) is 1. The van der Waals surface area contributed by atoms with Crippen LogP contribution < -0.4 is 5.32 Å². The molecule has 1 aromatic rings. The number of hydrogen-bond donors (Lipinski definition) is 2. The first-order chi connectivity index (χ1) is 9.29. The summed E-state index contributed by atoms with van der Waals surface area (Å²) in [4.78, 5) is 13.6. The number of thiophene rings is 1. The smallest absolute Gasteiger partial charge is 0.261 e. The Morgan fingerprint density at radius 3 is 2.74 bits per heavy atom. The van der Waals surface area contributed by atoms with Crippen molar-refractivity contribution in [2.24, 2.45) is 0 Å². The minimum atomic E-state index is -0.151. The Labute approximate surface area is 118 Å². The second-order valence-corrected chi connectivity index (χ2v) is 5.87. The Kier molecular flexibility index (Phi) is 5.44. The van der Waals surface area contributed by atoms with Crippen molar-refractivity contribution in [1.29, 1.82) is 0 Å². The van der Waals surface area contributed by atoms with E-state index in [0.29, 0.717) is 10.9 Å². The number of carbonyl (C=O) groups excluding carboxylic acids is 1. The van der Waals surface area contributed by atoms with E-state index < -0.39 is 0 Å². The highest BCUT2D eigenvalue weighted by Gasteiger charge is 2.16. The van der Waals surface area contributed by atoms with Crippen molar-refractivity contribution >= 4 is 17.2 Å². The van der Waals surface area contributed by atoms with Gasteiger partial charge in [0, 0.05) is 6.04 Å². The molecule has 0 aliphatic heterocycles. The summed E-state index contributed by atoms with van der Waals surface area (Å²) in [5.41, 5.74) is 0. The average Bonchev–Trinajstić information content (AvgIpc) is 2.74. The monoisotopic (exact) mass is 277 g/mol. The topological polar surface area (TPSA) is 49.3 Å². The van der Waals surface area contributed by atoms with Gasteiger partial charge < -0.3 is 10.4 Å². The van der Waals surface area contributed by atoms with Crippen molar-refractivity contribution in [3.63, 3.8) is 0 Å². The molecule has 4 heteroatoms. The molecule has 2 N–H and O–H groups in total. The minimum Gasteiger partial charge on any atom is -0.384 e. The number of carbonyl (C=O) groups is 1. The highest BCUT2D eigenvalue weighted by atomic mass is 32.1. The van der Waals surface area contributed by atoms with Gasteiger partial charge in [-0.1, -0.05) is 37.5 Å². The van der Waals surface area contributed by atoms with Crippen molar-refractivity contribution in [2.45, 2.75) is 44.6 Å². The molecule has 0 atom stereocenters. The lowest BCUT2D eigenvalue weighted by Crippen LogP contribution is -2.33. The molecule has 19 heavy (non-hydrogen) atoms. The summed E-state index contributed by atoms with van der Waals surface area (Å²) in [5, 5.41) is 11.8. The number of amides is 1. The molecule has 1 aromatic heterocycles. The Morgan fingerprint density at radius 1 is 1.32 bits per heavy atom. The molecule has 1 aliphatic carbocycles. The summed E-state index contributed by atoms with van der Waals surface area (Å²) in [6.07, 6.45) is 7.17. The summed E-state index contributed by atoms with van der Waals surface area (Å²) in [6, 6.07) is 3.96. The zero-order valence-corrected chi connectivity index (χ0v) is 11.8. The maximum atomic E-state index is 12.1. The van der Waals surface area contributed by atoms with Crippen LogP contribution in [0.15, 0.2) is 12.1 Å². The second kappa shape index (κ2) is 7.32. The van der Waals surface area contributed by atoms with Crippen molar-refractivity contribution in [2.75, 3.05) is 6.61 Å². The van der Waals surface area contributed by atoms with Gasteiger partial charge in [-0.2, -0.15) is 0 Å². The lowest BCUT2D eigenvalue weighted by molar-refractivity contribution is 0.0937. The third-order valence-electron chi connectivity index (χ3n) is 3.31. The predicted octanol–water partition coefficient (Wildman–Crippen LogP) is 2.54. The molecule has 0 spiro atoms. The van der Waals surface area contributed by atoms with Crippen LogP contribution in [-0.2, 0) is 0 Å². The Morgan fingerprint density at radius 2 is 2.05 bits per heavy atom. The number of aliphatic hydroxyl groups excluding tert-OH is 1. The molecule has 1 saturated carbocycles. The molecule has 2 rings (SSSR count). The van der Waals surface area contributed by atoms with E-state index in [-0.39, 0.29) is 12.5 Å². The molecule has 0 saturated heterocycles. The van der Waals surface area contributed by atoms with Crippen LogP contribution in [0.4, 0.5) is 0 Å². The summed E-state index contributed by atoms with van der Waals surface area (Å²) >= 11 is 1.38. The van der Waals surface area contributed by atoms with E-state index in [1.807, 2.05) is 6.07 Å². The summed E-state index contributed by atoms with van der Waals surface area (Å²) < 4.78 is 0. The predicted molar refractivity (Wildman–Crippen MR) is 77.2 cm³/mol. The zero-order chi connectivity index (χ0) is 13.5. The average molecular weight is 277 g/mol. The normalized spacial score (nSPS) is 16.3. The van der Waals surface area contributed by atoms with Crippen LogP contribution in [-0.4, -0.2) is 23.7 Å². The minimum absolute atomic E-state index is 0.00829. The van der Waals surface area contributed by atoms with E-state index in [1.165, 1.54) is 37.0 Å². The molecule has 0 aromatic carbocycles. The molecule has 1 aliphatic rings. The Bertz CT molecular complexity index is 476. The molecule has 1 fully saturated rings. The van der Waals surface area contributed by atoms with Gasteiger partial charge in [0.1, 0.15) is 6.61 Å². The van der Waals surface area contributed by atoms with Crippen LogP contribution in [0.2, 0.25) is 0 Å². The number of rotatable bonds is 2. The van der Waals surface area contributed by atoms with Gasteiger partial charge in [0.15, 0.2) is 0 Å². The molecule has 102 valence electrons.